The summed E-state index contributed by atoms with van der Waals surface area (Å²) in [4.78, 5) is 21.1. The molecule has 3 rings (SSSR count). The molecule has 0 aliphatic carbocycles. The fraction of sp³-hybridized carbons (Fsp3) is 0.471. The summed E-state index contributed by atoms with van der Waals surface area (Å²) in [6.45, 7) is 3.15. The van der Waals surface area contributed by atoms with Crippen LogP contribution >= 0.6 is 24.8 Å². The number of carbonyl (C=O) groups is 1. The van der Waals surface area contributed by atoms with Gasteiger partial charge >= 0.3 is 0 Å². The molecule has 2 heterocycles. The Bertz CT molecular complexity index is 688. The molecule has 0 saturated carbocycles. The number of fused-ring (bicyclic) bond motifs is 1. The fourth-order valence-corrected chi connectivity index (χ4v) is 3.06. The Morgan fingerprint density at radius 2 is 1.92 bits per heavy atom. The minimum atomic E-state index is -0.183. The zero-order valence-corrected chi connectivity index (χ0v) is 15.8. The van der Waals surface area contributed by atoms with Crippen LogP contribution in [0.2, 0.25) is 0 Å². The highest BCUT2D eigenvalue weighted by Gasteiger charge is 2.32. The number of para-hydroxylation sites is 2. The van der Waals surface area contributed by atoms with Crippen LogP contribution in [0.1, 0.15) is 23.3 Å². The molecule has 1 aliphatic heterocycles. The number of hydrogen-bond acceptors (Lipinski definition) is 5. The van der Waals surface area contributed by atoms with Gasteiger partial charge in [-0.1, -0.05) is 12.1 Å². The molecule has 1 aromatic heterocycles. The van der Waals surface area contributed by atoms with Crippen LogP contribution in [0.4, 0.5) is 0 Å². The van der Waals surface area contributed by atoms with Gasteiger partial charge in [0.2, 0.25) is 0 Å². The zero-order chi connectivity index (χ0) is 16.1. The number of piperidine rings is 1. The number of hydrogen-bond donors (Lipinski definition) is 2. The molecule has 8 heteroatoms. The Morgan fingerprint density at radius 1 is 1.24 bits per heavy atom. The van der Waals surface area contributed by atoms with E-state index in [9.17, 15) is 4.79 Å². The lowest BCUT2D eigenvalue weighted by Crippen LogP contribution is -2.47. The van der Waals surface area contributed by atoms with Crippen LogP contribution in [0.3, 0.4) is 0 Å². The van der Waals surface area contributed by atoms with Gasteiger partial charge in [0.15, 0.2) is 0 Å². The first-order chi connectivity index (χ1) is 11.2. The second-order valence-corrected chi connectivity index (χ2v) is 6.11. The molecule has 2 N–H and O–H groups in total. The summed E-state index contributed by atoms with van der Waals surface area (Å²) in [5.74, 6) is -0.183. The van der Waals surface area contributed by atoms with Gasteiger partial charge in [-0.3, -0.25) is 9.78 Å². The predicted molar refractivity (Wildman–Crippen MR) is 103 cm³/mol. The number of halogens is 2. The van der Waals surface area contributed by atoms with Crippen LogP contribution in [0, 0.1) is 5.41 Å². The van der Waals surface area contributed by atoms with Gasteiger partial charge in [0.25, 0.3) is 5.91 Å². The Labute approximate surface area is 160 Å². The van der Waals surface area contributed by atoms with Crippen molar-refractivity contribution in [2.24, 2.45) is 5.41 Å². The minimum absolute atomic E-state index is 0. The smallest absolute Gasteiger partial charge is 0.271 e. The van der Waals surface area contributed by atoms with Gasteiger partial charge in [-0.2, -0.15) is 0 Å². The van der Waals surface area contributed by atoms with Crippen LogP contribution in [0.15, 0.2) is 30.5 Å². The maximum Gasteiger partial charge on any atom is 0.271 e. The van der Waals surface area contributed by atoms with Crippen LogP contribution in [0.25, 0.3) is 11.0 Å². The highest BCUT2D eigenvalue weighted by Crippen LogP contribution is 2.28. The second-order valence-electron chi connectivity index (χ2n) is 6.11. The second kappa shape index (κ2) is 9.87. The minimum Gasteiger partial charge on any atom is -0.384 e. The molecule has 0 radical (unpaired) electrons. The van der Waals surface area contributed by atoms with Gasteiger partial charge in [0.05, 0.1) is 23.8 Å². The largest absolute Gasteiger partial charge is 0.384 e. The van der Waals surface area contributed by atoms with Crippen molar-refractivity contribution in [1.29, 1.82) is 0 Å². The topological polar surface area (TPSA) is 76.1 Å². The molecule has 1 amide bonds. The SMILES string of the molecule is COCC1(CNC(=O)c2cnc3ccccc3n2)CCNCC1.Cl.Cl. The highest BCUT2D eigenvalue weighted by atomic mass is 35.5. The van der Waals surface area contributed by atoms with Gasteiger partial charge in [-0.15, -0.1) is 24.8 Å². The highest BCUT2D eigenvalue weighted by molar-refractivity contribution is 5.93. The van der Waals surface area contributed by atoms with E-state index in [0.717, 1.165) is 37.0 Å². The van der Waals surface area contributed by atoms with Crippen LogP contribution in [-0.2, 0) is 4.74 Å². The third-order valence-corrected chi connectivity index (χ3v) is 4.42. The number of nitrogens with one attached hydrogen (secondary N) is 2. The number of carbonyl (C=O) groups excluding carboxylic acids is 1. The fourth-order valence-electron chi connectivity index (χ4n) is 3.06. The molecule has 0 spiro atoms. The third-order valence-electron chi connectivity index (χ3n) is 4.42. The van der Waals surface area contributed by atoms with Crippen molar-refractivity contribution in [2.45, 2.75) is 12.8 Å². The molecule has 138 valence electrons. The molecular weight excluding hydrogens is 363 g/mol. The van der Waals surface area contributed by atoms with Crippen molar-refractivity contribution in [1.82, 2.24) is 20.6 Å². The quantitative estimate of drug-likeness (QED) is 0.823. The molecule has 1 aromatic carbocycles. The van der Waals surface area contributed by atoms with E-state index in [-0.39, 0.29) is 36.1 Å². The number of nitrogens with zero attached hydrogens (tertiary/aromatic N) is 2. The Balaban J connectivity index is 0.00000156. The number of aromatic nitrogens is 2. The van der Waals surface area contributed by atoms with Crippen molar-refractivity contribution in [3.05, 3.63) is 36.2 Å². The normalized spacial score (nSPS) is 15.7. The maximum atomic E-state index is 12.4. The van der Waals surface area contributed by atoms with Gasteiger partial charge in [0, 0.05) is 19.1 Å². The predicted octanol–water partition coefficient (Wildman–Crippen LogP) is 2.22. The monoisotopic (exact) mass is 386 g/mol. The number of amides is 1. The summed E-state index contributed by atoms with van der Waals surface area (Å²) in [6, 6.07) is 7.54. The van der Waals surface area contributed by atoms with Crippen molar-refractivity contribution in [3.8, 4) is 0 Å². The number of benzene rings is 1. The average molecular weight is 387 g/mol. The zero-order valence-electron chi connectivity index (χ0n) is 14.2. The Morgan fingerprint density at radius 3 is 2.60 bits per heavy atom. The van der Waals surface area contributed by atoms with Crippen molar-refractivity contribution in [2.75, 3.05) is 33.4 Å². The van der Waals surface area contributed by atoms with Crippen molar-refractivity contribution >= 4 is 41.8 Å². The first-order valence-corrected chi connectivity index (χ1v) is 7.92. The molecule has 0 bridgehead atoms. The number of methoxy groups -OCH3 is 1. The lowest BCUT2D eigenvalue weighted by Gasteiger charge is -2.37. The molecule has 1 saturated heterocycles. The van der Waals surface area contributed by atoms with Crippen LogP contribution in [0.5, 0.6) is 0 Å². The lowest BCUT2D eigenvalue weighted by molar-refractivity contribution is 0.0511. The van der Waals surface area contributed by atoms with E-state index in [1.807, 2.05) is 24.3 Å². The van der Waals surface area contributed by atoms with Gasteiger partial charge in [-0.25, -0.2) is 4.98 Å². The summed E-state index contributed by atoms with van der Waals surface area (Å²) in [5.41, 5.74) is 1.87. The lowest BCUT2D eigenvalue weighted by atomic mass is 9.79. The van der Waals surface area contributed by atoms with Crippen LogP contribution < -0.4 is 10.6 Å². The molecule has 1 fully saturated rings. The van der Waals surface area contributed by atoms with E-state index in [1.165, 1.54) is 6.20 Å². The van der Waals surface area contributed by atoms with Crippen molar-refractivity contribution < 1.29 is 9.53 Å². The maximum absolute atomic E-state index is 12.4. The molecule has 6 nitrogen and oxygen atoms in total. The number of ether oxygens (including phenoxy) is 1. The summed E-state index contributed by atoms with van der Waals surface area (Å²) in [5, 5.41) is 6.36. The van der Waals surface area contributed by atoms with Crippen LogP contribution in [-0.4, -0.2) is 49.2 Å². The number of rotatable bonds is 5. The Hall–Kier alpha value is -1.47. The van der Waals surface area contributed by atoms with E-state index >= 15 is 0 Å². The van der Waals surface area contributed by atoms with E-state index in [2.05, 4.69) is 20.6 Å². The van der Waals surface area contributed by atoms with Crippen molar-refractivity contribution in [3.63, 3.8) is 0 Å². The average Bonchev–Trinajstić information content (AvgIpc) is 2.60. The molecule has 0 atom stereocenters. The third kappa shape index (κ3) is 5.25. The summed E-state index contributed by atoms with van der Waals surface area (Å²) < 4.78 is 5.37. The molecule has 2 aromatic rings. The molecule has 0 unspecified atom stereocenters. The summed E-state index contributed by atoms with van der Waals surface area (Å²) in [7, 11) is 1.71. The van der Waals surface area contributed by atoms with Gasteiger partial charge < -0.3 is 15.4 Å². The Kier molecular flexibility index (Phi) is 8.52. The molecule has 25 heavy (non-hydrogen) atoms. The van der Waals surface area contributed by atoms with E-state index in [0.29, 0.717) is 18.8 Å². The standard InChI is InChI=1S/C17H22N4O2.2ClH/c1-23-12-17(6-8-18-9-7-17)11-20-16(22)15-10-19-13-4-2-3-5-14(13)21-15;;/h2-5,10,18H,6-9,11-12H2,1H3,(H,20,22);2*1H. The first kappa shape index (κ1) is 21.6. The van der Waals surface area contributed by atoms with E-state index in [4.69, 9.17) is 4.74 Å². The van der Waals surface area contributed by atoms with Gasteiger partial charge in [-0.05, 0) is 38.1 Å². The molecular formula is C17H24Cl2N4O2. The molecule has 1 aliphatic rings. The van der Waals surface area contributed by atoms with E-state index < -0.39 is 0 Å². The van der Waals surface area contributed by atoms with Gasteiger partial charge in [0.1, 0.15) is 5.69 Å². The summed E-state index contributed by atoms with van der Waals surface area (Å²) in [6.07, 6.45) is 3.51. The first-order valence-electron chi connectivity index (χ1n) is 7.92. The summed E-state index contributed by atoms with van der Waals surface area (Å²) >= 11 is 0. The van der Waals surface area contributed by atoms with E-state index in [1.54, 1.807) is 7.11 Å².